The number of morpholine rings is 1. The molecule has 0 aromatic heterocycles. The molecule has 1 aliphatic rings. The lowest BCUT2D eigenvalue weighted by atomic mass is 10.1. The van der Waals surface area contributed by atoms with Gasteiger partial charge in [-0.3, -0.25) is 4.79 Å². The van der Waals surface area contributed by atoms with Gasteiger partial charge in [-0.15, -0.1) is 0 Å². The highest BCUT2D eigenvalue weighted by Crippen LogP contribution is 2.21. The zero-order chi connectivity index (χ0) is 15.9. The zero-order valence-corrected chi connectivity index (χ0v) is 12.4. The first kappa shape index (κ1) is 16.3. The molecule has 0 unspecified atom stereocenters. The van der Waals surface area contributed by atoms with Crippen LogP contribution in [0, 0.1) is 0 Å². The van der Waals surface area contributed by atoms with Gasteiger partial charge < -0.3 is 24.2 Å². The van der Waals surface area contributed by atoms with Crippen molar-refractivity contribution in [1.82, 2.24) is 4.90 Å². The fraction of sp³-hybridized carbons (Fsp3) is 0.467. The van der Waals surface area contributed by atoms with Crippen LogP contribution < -0.4 is 4.74 Å². The minimum Gasteiger partial charge on any atom is -0.490 e. The number of rotatable bonds is 6. The third kappa shape index (κ3) is 3.96. The van der Waals surface area contributed by atoms with Crippen molar-refractivity contribution in [3.05, 3.63) is 29.8 Å². The predicted octanol–water partition coefficient (Wildman–Crippen LogP) is 0.637. The summed E-state index contributed by atoms with van der Waals surface area (Å²) in [6.07, 6.45) is -0.987. The molecule has 0 radical (unpaired) electrons. The van der Waals surface area contributed by atoms with Crippen LogP contribution in [0.5, 0.6) is 5.75 Å². The van der Waals surface area contributed by atoms with Crippen LogP contribution in [0.4, 0.5) is 0 Å². The van der Waals surface area contributed by atoms with E-state index in [1.165, 1.54) is 4.90 Å². The van der Waals surface area contributed by atoms with Crippen molar-refractivity contribution in [1.29, 1.82) is 0 Å². The van der Waals surface area contributed by atoms with E-state index in [0.29, 0.717) is 31.1 Å². The quantitative estimate of drug-likeness (QED) is 0.776. The summed E-state index contributed by atoms with van der Waals surface area (Å²) in [5.41, 5.74) is 0.407. The fourth-order valence-corrected chi connectivity index (χ4v) is 2.16. The Balaban J connectivity index is 2.10. The number of amides is 1. The van der Waals surface area contributed by atoms with Crippen molar-refractivity contribution in [3.8, 4) is 5.75 Å². The highest BCUT2D eigenvalue weighted by atomic mass is 16.5. The van der Waals surface area contributed by atoms with E-state index in [1.807, 2.05) is 0 Å². The number of hydrogen-bond donors (Lipinski definition) is 1. The Morgan fingerprint density at radius 3 is 2.86 bits per heavy atom. The van der Waals surface area contributed by atoms with Crippen molar-refractivity contribution in [2.45, 2.75) is 6.10 Å². The van der Waals surface area contributed by atoms with E-state index in [0.717, 1.165) is 0 Å². The molecular formula is C15H19NO6. The average Bonchev–Trinajstić information content (AvgIpc) is 2.55. The number of carboxylic acids is 1. The van der Waals surface area contributed by atoms with Gasteiger partial charge in [0.05, 0.1) is 25.3 Å². The molecule has 1 heterocycles. The van der Waals surface area contributed by atoms with Crippen molar-refractivity contribution in [2.75, 3.05) is 40.0 Å². The molecule has 0 saturated carbocycles. The van der Waals surface area contributed by atoms with Crippen LogP contribution in [0.25, 0.3) is 0 Å². The van der Waals surface area contributed by atoms with Crippen molar-refractivity contribution in [3.63, 3.8) is 0 Å². The molecule has 1 saturated heterocycles. The van der Waals surface area contributed by atoms with Crippen molar-refractivity contribution < 1.29 is 28.9 Å². The van der Waals surface area contributed by atoms with Crippen LogP contribution in [0.1, 0.15) is 10.4 Å². The van der Waals surface area contributed by atoms with Crippen LogP contribution in [0.15, 0.2) is 24.3 Å². The molecule has 0 bridgehead atoms. The summed E-state index contributed by atoms with van der Waals surface area (Å²) in [6.45, 7) is 1.34. The van der Waals surface area contributed by atoms with Crippen molar-refractivity contribution >= 4 is 11.9 Å². The van der Waals surface area contributed by atoms with E-state index in [-0.39, 0.29) is 19.1 Å². The van der Waals surface area contributed by atoms with E-state index in [2.05, 4.69) is 0 Å². The first-order valence-electron chi connectivity index (χ1n) is 6.98. The standard InChI is InChI=1S/C15H19NO6/c1-20-8-9-22-12-5-3-2-4-11(12)14(17)16-6-7-21-13(10-16)15(18)19/h2-5,13H,6-10H2,1H3,(H,18,19)/t13-/m1/s1. The lowest BCUT2D eigenvalue weighted by Crippen LogP contribution is -2.48. The first-order chi connectivity index (χ1) is 10.6. The number of hydrogen-bond acceptors (Lipinski definition) is 5. The maximum atomic E-state index is 12.6. The number of carbonyl (C=O) groups excluding carboxylic acids is 1. The van der Waals surface area contributed by atoms with Gasteiger partial charge in [-0.2, -0.15) is 0 Å². The van der Waals surface area contributed by atoms with Gasteiger partial charge in [0.2, 0.25) is 0 Å². The Kier molecular flexibility index (Phi) is 5.74. The van der Waals surface area contributed by atoms with E-state index in [1.54, 1.807) is 31.4 Å². The number of ether oxygens (including phenoxy) is 3. The Hall–Kier alpha value is -2.12. The molecule has 1 fully saturated rings. The minimum absolute atomic E-state index is 0.0283. The van der Waals surface area contributed by atoms with Gasteiger partial charge in [-0.25, -0.2) is 4.79 Å². The molecule has 22 heavy (non-hydrogen) atoms. The molecule has 1 aromatic rings. The molecule has 1 aromatic carbocycles. The van der Waals surface area contributed by atoms with Gasteiger partial charge in [-0.1, -0.05) is 12.1 Å². The Bertz CT molecular complexity index is 533. The maximum Gasteiger partial charge on any atom is 0.334 e. The fourth-order valence-electron chi connectivity index (χ4n) is 2.16. The maximum absolute atomic E-state index is 12.6. The lowest BCUT2D eigenvalue weighted by Gasteiger charge is -2.31. The molecule has 1 atom stereocenters. The first-order valence-corrected chi connectivity index (χ1v) is 6.98. The number of benzene rings is 1. The van der Waals surface area contributed by atoms with E-state index in [9.17, 15) is 9.59 Å². The number of para-hydroxylation sites is 1. The molecule has 1 N–H and O–H groups in total. The topological polar surface area (TPSA) is 85.3 Å². The molecule has 1 aliphatic heterocycles. The van der Waals surface area contributed by atoms with Gasteiger partial charge in [0, 0.05) is 13.7 Å². The Morgan fingerprint density at radius 1 is 1.36 bits per heavy atom. The second-order valence-corrected chi connectivity index (χ2v) is 4.79. The highest BCUT2D eigenvalue weighted by Gasteiger charge is 2.30. The molecule has 120 valence electrons. The molecular weight excluding hydrogens is 290 g/mol. The predicted molar refractivity (Wildman–Crippen MR) is 77.1 cm³/mol. The number of nitrogens with zero attached hydrogens (tertiary/aromatic N) is 1. The van der Waals surface area contributed by atoms with Crippen molar-refractivity contribution in [2.24, 2.45) is 0 Å². The molecule has 1 amide bonds. The minimum atomic E-state index is -1.07. The smallest absolute Gasteiger partial charge is 0.334 e. The van der Waals surface area contributed by atoms with Crippen LogP contribution in [-0.2, 0) is 14.3 Å². The van der Waals surface area contributed by atoms with E-state index in [4.69, 9.17) is 19.3 Å². The van der Waals surface area contributed by atoms with Crippen LogP contribution in [0.2, 0.25) is 0 Å². The Labute approximate surface area is 128 Å². The van der Waals surface area contributed by atoms with Crippen LogP contribution >= 0.6 is 0 Å². The van der Waals surface area contributed by atoms with Gasteiger partial charge in [0.1, 0.15) is 12.4 Å². The van der Waals surface area contributed by atoms with Gasteiger partial charge >= 0.3 is 5.97 Å². The average molecular weight is 309 g/mol. The molecule has 7 heteroatoms. The zero-order valence-electron chi connectivity index (χ0n) is 12.4. The summed E-state index contributed by atoms with van der Waals surface area (Å²) >= 11 is 0. The third-order valence-electron chi connectivity index (χ3n) is 3.29. The molecule has 2 rings (SSSR count). The highest BCUT2D eigenvalue weighted by molar-refractivity contribution is 5.97. The number of carbonyl (C=O) groups is 2. The Morgan fingerprint density at radius 2 is 2.14 bits per heavy atom. The second kappa shape index (κ2) is 7.77. The lowest BCUT2D eigenvalue weighted by molar-refractivity contribution is -0.154. The largest absolute Gasteiger partial charge is 0.490 e. The SMILES string of the molecule is COCCOc1ccccc1C(=O)N1CCO[C@@H](C(=O)O)C1. The number of aliphatic carboxylic acids is 1. The summed E-state index contributed by atoms with van der Waals surface area (Å²) in [7, 11) is 1.57. The molecule has 0 spiro atoms. The van der Waals surface area contributed by atoms with Crippen LogP contribution in [-0.4, -0.2) is 68.0 Å². The molecule has 7 nitrogen and oxygen atoms in total. The summed E-state index contributed by atoms with van der Waals surface area (Å²) in [4.78, 5) is 25.1. The number of methoxy groups -OCH3 is 1. The summed E-state index contributed by atoms with van der Waals surface area (Å²) in [5, 5.41) is 9.00. The molecule has 0 aliphatic carbocycles. The van der Waals surface area contributed by atoms with Gasteiger partial charge in [0.15, 0.2) is 6.10 Å². The monoisotopic (exact) mass is 309 g/mol. The number of carboxylic acid groups (broad SMARTS) is 1. The van der Waals surface area contributed by atoms with Gasteiger partial charge in [0.25, 0.3) is 5.91 Å². The summed E-state index contributed by atoms with van der Waals surface area (Å²) in [5.74, 6) is -0.868. The third-order valence-corrected chi connectivity index (χ3v) is 3.29. The van der Waals surface area contributed by atoms with E-state index < -0.39 is 12.1 Å². The van der Waals surface area contributed by atoms with Crippen LogP contribution in [0.3, 0.4) is 0 Å². The van der Waals surface area contributed by atoms with E-state index >= 15 is 0 Å². The summed E-state index contributed by atoms with van der Waals surface area (Å²) in [6, 6.07) is 6.89. The summed E-state index contributed by atoms with van der Waals surface area (Å²) < 4.78 is 15.6. The van der Waals surface area contributed by atoms with Gasteiger partial charge in [-0.05, 0) is 12.1 Å². The normalized spacial score (nSPS) is 18.0. The second-order valence-electron chi connectivity index (χ2n) is 4.79.